The van der Waals surface area contributed by atoms with Gasteiger partial charge in [-0.15, -0.1) is 6.42 Å². The number of benzene rings is 1. The van der Waals surface area contributed by atoms with Crippen molar-refractivity contribution >= 4 is 5.97 Å². The summed E-state index contributed by atoms with van der Waals surface area (Å²) in [5.41, 5.74) is 0.649. The van der Waals surface area contributed by atoms with E-state index in [1.54, 1.807) is 18.2 Å². The second kappa shape index (κ2) is 12.2. The van der Waals surface area contributed by atoms with Gasteiger partial charge < -0.3 is 29.2 Å². The minimum absolute atomic E-state index is 0.0563. The Morgan fingerprint density at radius 1 is 1.37 bits per heavy atom. The zero-order chi connectivity index (χ0) is 20.2. The molecule has 2 rings (SSSR count). The molecule has 1 aromatic carbocycles. The van der Waals surface area contributed by atoms with Crippen molar-refractivity contribution in [3.8, 4) is 23.8 Å². The number of hydrogen-bond donors (Lipinski definition) is 2. The zero-order valence-corrected chi connectivity index (χ0v) is 16.0. The number of rotatable bonds is 7. The second-order valence-corrected chi connectivity index (χ2v) is 5.66. The van der Waals surface area contributed by atoms with Gasteiger partial charge in [0, 0.05) is 31.4 Å². The number of aliphatic hydroxyl groups excluding tert-OH is 2. The van der Waals surface area contributed by atoms with E-state index >= 15 is 0 Å². The normalized spacial score (nSPS) is 21.3. The van der Waals surface area contributed by atoms with Crippen LogP contribution in [0.25, 0.3) is 0 Å². The van der Waals surface area contributed by atoms with Gasteiger partial charge in [0.2, 0.25) is 6.29 Å². The molecular formula is C20H28O7. The lowest BCUT2D eigenvalue weighted by Gasteiger charge is -2.32. The Bertz CT molecular complexity index is 623. The third-order valence-corrected chi connectivity index (χ3v) is 3.60. The highest BCUT2D eigenvalue weighted by Crippen LogP contribution is 2.29. The van der Waals surface area contributed by atoms with Crippen LogP contribution in [0.3, 0.4) is 0 Å². The molecule has 0 amide bonds. The number of carbonyl (C=O) groups excluding carboxylic acids is 1. The van der Waals surface area contributed by atoms with Crippen LogP contribution in [-0.2, 0) is 20.9 Å². The lowest BCUT2D eigenvalue weighted by molar-refractivity contribution is -0.184. The van der Waals surface area contributed by atoms with Crippen LogP contribution in [0.15, 0.2) is 18.2 Å². The first-order chi connectivity index (χ1) is 13.0. The van der Waals surface area contributed by atoms with Crippen molar-refractivity contribution in [1.82, 2.24) is 0 Å². The smallest absolute Gasteiger partial charge is 0.302 e. The number of carbonyl (C=O) groups is 1. The lowest BCUT2D eigenvalue weighted by Crippen LogP contribution is -2.40. The molecule has 2 N–H and O–H groups in total. The summed E-state index contributed by atoms with van der Waals surface area (Å²) in [7, 11) is 0. The SMILES string of the molecule is C#CCOc1cc(OC2CC(O)CC(CO)O2)ccc1COC(C)=O.CC. The summed E-state index contributed by atoms with van der Waals surface area (Å²) in [4.78, 5) is 11.0. The maximum absolute atomic E-state index is 11.0. The van der Waals surface area contributed by atoms with Crippen LogP contribution in [0, 0.1) is 12.3 Å². The van der Waals surface area contributed by atoms with Gasteiger partial charge in [0.15, 0.2) is 0 Å². The Morgan fingerprint density at radius 2 is 2.11 bits per heavy atom. The first-order valence-electron chi connectivity index (χ1n) is 8.95. The van der Waals surface area contributed by atoms with Gasteiger partial charge in [-0.3, -0.25) is 4.79 Å². The van der Waals surface area contributed by atoms with E-state index in [0.29, 0.717) is 29.9 Å². The molecule has 7 nitrogen and oxygen atoms in total. The highest BCUT2D eigenvalue weighted by atomic mass is 16.7. The quantitative estimate of drug-likeness (QED) is 0.552. The van der Waals surface area contributed by atoms with Crippen LogP contribution in [0.5, 0.6) is 11.5 Å². The van der Waals surface area contributed by atoms with Gasteiger partial charge in [0.05, 0.1) is 18.8 Å². The van der Waals surface area contributed by atoms with Gasteiger partial charge in [-0.2, -0.15) is 0 Å². The van der Waals surface area contributed by atoms with Crippen molar-refractivity contribution < 1.29 is 34.0 Å². The van der Waals surface area contributed by atoms with Gasteiger partial charge in [0.25, 0.3) is 0 Å². The molecule has 7 heteroatoms. The van der Waals surface area contributed by atoms with Crippen LogP contribution >= 0.6 is 0 Å². The molecule has 150 valence electrons. The van der Waals surface area contributed by atoms with Crippen LogP contribution in [0.2, 0.25) is 0 Å². The van der Waals surface area contributed by atoms with E-state index in [1.165, 1.54) is 6.92 Å². The molecule has 1 aliphatic heterocycles. The van der Waals surface area contributed by atoms with Crippen molar-refractivity contribution in [2.24, 2.45) is 0 Å². The van der Waals surface area contributed by atoms with E-state index in [4.69, 9.17) is 25.4 Å². The number of aliphatic hydroxyl groups is 2. The largest absolute Gasteiger partial charge is 0.480 e. The molecule has 0 aliphatic carbocycles. The number of terminal acetylenes is 1. The standard InChI is InChI=1S/C18H22O7.C2H6/c1-3-6-22-17-9-15(5-4-13(17)11-23-12(2)20)24-18-8-14(21)7-16(10-19)25-18;1-2/h1,4-5,9,14,16,18-19,21H,6-8,10-11H2,2H3;1-2H3. The predicted octanol–water partition coefficient (Wildman–Crippen LogP) is 2.02. The van der Waals surface area contributed by atoms with E-state index in [2.05, 4.69) is 5.92 Å². The molecule has 1 aliphatic rings. The van der Waals surface area contributed by atoms with Gasteiger partial charge in [-0.25, -0.2) is 0 Å². The highest BCUT2D eigenvalue weighted by molar-refractivity contribution is 5.66. The van der Waals surface area contributed by atoms with Gasteiger partial charge in [-0.05, 0) is 12.1 Å². The molecule has 0 spiro atoms. The monoisotopic (exact) mass is 380 g/mol. The van der Waals surface area contributed by atoms with Crippen molar-refractivity contribution in [1.29, 1.82) is 0 Å². The first-order valence-corrected chi connectivity index (χ1v) is 8.95. The minimum atomic E-state index is -0.680. The van der Waals surface area contributed by atoms with E-state index in [1.807, 2.05) is 13.8 Å². The Kier molecular flexibility index (Phi) is 10.3. The van der Waals surface area contributed by atoms with Crippen LogP contribution in [0.4, 0.5) is 0 Å². The molecule has 0 saturated carbocycles. The van der Waals surface area contributed by atoms with Crippen LogP contribution < -0.4 is 9.47 Å². The topological polar surface area (TPSA) is 94.5 Å². The van der Waals surface area contributed by atoms with Gasteiger partial charge >= 0.3 is 5.97 Å². The molecular weight excluding hydrogens is 352 g/mol. The highest BCUT2D eigenvalue weighted by Gasteiger charge is 2.29. The average molecular weight is 380 g/mol. The van der Waals surface area contributed by atoms with E-state index in [-0.39, 0.29) is 19.8 Å². The van der Waals surface area contributed by atoms with Gasteiger partial charge in [0.1, 0.15) is 24.7 Å². The van der Waals surface area contributed by atoms with Crippen LogP contribution in [0.1, 0.15) is 39.2 Å². The van der Waals surface area contributed by atoms with Crippen molar-refractivity contribution in [2.75, 3.05) is 13.2 Å². The molecule has 0 aromatic heterocycles. The third kappa shape index (κ3) is 7.87. The maximum Gasteiger partial charge on any atom is 0.302 e. The first kappa shape index (κ1) is 22.8. The second-order valence-electron chi connectivity index (χ2n) is 5.66. The summed E-state index contributed by atoms with van der Waals surface area (Å²) in [6, 6.07) is 5.00. The van der Waals surface area contributed by atoms with E-state index in [0.717, 1.165) is 0 Å². The summed E-state index contributed by atoms with van der Waals surface area (Å²) >= 11 is 0. The zero-order valence-electron chi connectivity index (χ0n) is 16.0. The van der Waals surface area contributed by atoms with E-state index in [9.17, 15) is 15.0 Å². The Labute approximate surface area is 160 Å². The lowest BCUT2D eigenvalue weighted by atomic mass is 10.1. The van der Waals surface area contributed by atoms with Crippen molar-refractivity contribution in [3.63, 3.8) is 0 Å². The molecule has 1 heterocycles. The summed E-state index contributed by atoms with van der Waals surface area (Å²) < 4.78 is 21.8. The third-order valence-electron chi connectivity index (χ3n) is 3.60. The molecule has 1 aromatic rings. The fraction of sp³-hybridized carbons (Fsp3) is 0.550. The molecule has 27 heavy (non-hydrogen) atoms. The van der Waals surface area contributed by atoms with Crippen molar-refractivity contribution in [3.05, 3.63) is 23.8 Å². The van der Waals surface area contributed by atoms with E-state index < -0.39 is 24.5 Å². The Hall–Kier alpha value is -2.27. The summed E-state index contributed by atoms with van der Waals surface area (Å²) in [5, 5.41) is 19.0. The van der Waals surface area contributed by atoms with Crippen molar-refractivity contribution in [2.45, 2.75) is 58.7 Å². The Balaban J connectivity index is 0.00000176. The molecule has 0 bridgehead atoms. The number of ether oxygens (including phenoxy) is 4. The number of hydrogen-bond acceptors (Lipinski definition) is 7. The molecule has 3 atom stereocenters. The summed E-state index contributed by atoms with van der Waals surface area (Å²) in [5.74, 6) is 2.86. The average Bonchev–Trinajstić information content (AvgIpc) is 2.66. The van der Waals surface area contributed by atoms with Crippen LogP contribution in [-0.4, -0.2) is 47.9 Å². The fourth-order valence-electron chi connectivity index (χ4n) is 2.45. The number of esters is 1. The predicted molar refractivity (Wildman–Crippen MR) is 99.2 cm³/mol. The molecule has 1 fully saturated rings. The van der Waals surface area contributed by atoms with Gasteiger partial charge in [-0.1, -0.05) is 19.8 Å². The minimum Gasteiger partial charge on any atom is -0.480 e. The fourth-order valence-corrected chi connectivity index (χ4v) is 2.45. The molecule has 1 saturated heterocycles. The summed E-state index contributed by atoms with van der Waals surface area (Å²) in [6.07, 6.45) is 4.14. The maximum atomic E-state index is 11.0. The molecule has 0 radical (unpaired) electrons. The Morgan fingerprint density at radius 3 is 2.74 bits per heavy atom. The summed E-state index contributed by atoms with van der Waals surface area (Å²) in [6.45, 7) is 5.25. The molecule has 3 unspecified atom stereocenters.